The van der Waals surface area contributed by atoms with Gasteiger partial charge < -0.3 is 10.2 Å². The maximum Gasteiger partial charge on any atom is 0.229 e. The molecule has 1 atom stereocenters. The zero-order chi connectivity index (χ0) is 15.3. The van der Waals surface area contributed by atoms with E-state index in [1.54, 1.807) is 11.9 Å². The Labute approximate surface area is 129 Å². The van der Waals surface area contributed by atoms with Gasteiger partial charge in [-0.25, -0.2) is 0 Å². The van der Waals surface area contributed by atoms with Crippen molar-refractivity contribution in [3.8, 4) is 0 Å². The van der Waals surface area contributed by atoms with Crippen LogP contribution < -0.4 is 5.32 Å². The number of anilines is 1. The fraction of sp³-hybridized carbons (Fsp3) is 0.333. The number of amides is 2. The molecule has 2 aliphatic rings. The summed E-state index contributed by atoms with van der Waals surface area (Å²) in [5.41, 5.74) is 3.58. The Hall–Kier alpha value is -2.36. The normalized spacial score (nSPS) is 20.0. The minimum atomic E-state index is -0.250. The maximum absolute atomic E-state index is 12.4. The number of rotatable bonds is 2. The molecule has 1 heterocycles. The highest BCUT2D eigenvalue weighted by molar-refractivity contribution is 6.06. The number of carbonyl (C=O) groups is 2. The average Bonchev–Trinajstić information content (AvgIpc) is 3.08. The van der Waals surface area contributed by atoms with Gasteiger partial charge in [0.2, 0.25) is 11.8 Å². The molecule has 0 radical (unpaired) electrons. The predicted octanol–water partition coefficient (Wildman–Crippen LogP) is 2.36. The highest BCUT2D eigenvalue weighted by atomic mass is 16.2. The maximum atomic E-state index is 12.4. The number of hydrogen-bond acceptors (Lipinski definition) is 2. The summed E-state index contributed by atoms with van der Waals surface area (Å²) in [6.07, 6.45) is 2.46. The van der Waals surface area contributed by atoms with Crippen molar-refractivity contribution in [1.29, 1.82) is 0 Å². The monoisotopic (exact) mass is 294 g/mol. The lowest BCUT2D eigenvalue weighted by atomic mass is 10.0. The number of hydrogen-bond donors (Lipinski definition) is 1. The van der Waals surface area contributed by atoms with E-state index in [-0.39, 0.29) is 17.7 Å². The molecule has 0 aromatic heterocycles. The zero-order valence-corrected chi connectivity index (χ0v) is 12.6. The Morgan fingerprint density at radius 2 is 1.95 bits per heavy atom. The Bertz CT molecular complexity index is 787. The van der Waals surface area contributed by atoms with Crippen molar-refractivity contribution in [1.82, 2.24) is 4.90 Å². The van der Waals surface area contributed by atoms with Crippen molar-refractivity contribution >= 4 is 28.3 Å². The molecule has 4 nitrogen and oxygen atoms in total. The summed E-state index contributed by atoms with van der Waals surface area (Å²) in [5, 5.41) is 5.43. The summed E-state index contributed by atoms with van der Waals surface area (Å²) < 4.78 is 0. The highest BCUT2D eigenvalue weighted by Crippen LogP contribution is 2.35. The van der Waals surface area contributed by atoms with Crippen LogP contribution in [-0.2, 0) is 22.4 Å². The predicted molar refractivity (Wildman–Crippen MR) is 85.7 cm³/mol. The minimum Gasteiger partial charge on any atom is -0.345 e. The van der Waals surface area contributed by atoms with Gasteiger partial charge in [-0.05, 0) is 35.4 Å². The van der Waals surface area contributed by atoms with Crippen LogP contribution in [0.15, 0.2) is 30.3 Å². The van der Waals surface area contributed by atoms with Crippen LogP contribution in [0, 0.1) is 5.92 Å². The lowest BCUT2D eigenvalue weighted by Crippen LogP contribution is -2.25. The first-order valence-corrected chi connectivity index (χ1v) is 7.72. The molecule has 0 saturated carbocycles. The third kappa shape index (κ3) is 1.98. The van der Waals surface area contributed by atoms with E-state index in [1.165, 1.54) is 16.5 Å². The highest BCUT2D eigenvalue weighted by Gasteiger charge is 2.32. The van der Waals surface area contributed by atoms with E-state index >= 15 is 0 Å². The van der Waals surface area contributed by atoms with Crippen molar-refractivity contribution in [2.75, 3.05) is 18.9 Å². The van der Waals surface area contributed by atoms with Gasteiger partial charge in [-0.1, -0.05) is 24.3 Å². The molecule has 1 N–H and O–H groups in total. The van der Waals surface area contributed by atoms with E-state index in [0.29, 0.717) is 13.0 Å². The van der Waals surface area contributed by atoms with Crippen molar-refractivity contribution in [2.24, 2.45) is 5.92 Å². The minimum absolute atomic E-state index is 0.0422. The molecule has 1 saturated heterocycles. The van der Waals surface area contributed by atoms with Crippen molar-refractivity contribution < 1.29 is 9.59 Å². The van der Waals surface area contributed by atoms with Crippen molar-refractivity contribution in [3.63, 3.8) is 0 Å². The smallest absolute Gasteiger partial charge is 0.229 e. The quantitative estimate of drug-likeness (QED) is 0.924. The molecule has 1 unspecified atom stereocenters. The lowest BCUT2D eigenvalue weighted by molar-refractivity contribution is -0.127. The molecule has 22 heavy (non-hydrogen) atoms. The Balaban J connectivity index is 1.66. The van der Waals surface area contributed by atoms with Crippen molar-refractivity contribution in [2.45, 2.75) is 19.3 Å². The third-order valence-electron chi connectivity index (χ3n) is 4.85. The van der Waals surface area contributed by atoms with Gasteiger partial charge in [0.05, 0.1) is 5.92 Å². The summed E-state index contributed by atoms with van der Waals surface area (Å²) in [5.74, 6) is -0.266. The van der Waals surface area contributed by atoms with E-state index < -0.39 is 0 Å². The molecule has 0 bridgehead atoms. The molecule has 1 aliphatic heterocycles. The number of nitrogens with zero attached hydrogens (tertiary/aromatic N) is 1. The van der Waals surface area contributed by atoms with Crippen LogP contribution in [0.2, 0.25) is 0 Å². The summed E-state index contributed by atoms with van der Waals surface area (Å²) in [6.45, 7) is 0.506. The second-order valence-electron chi connectivity index (χ2n) is 6.28. The van der Waals surface area contributed by atoms with Crippen LogP contribution >= 0.6 is 0 Å². The first-order chi connectivity index (χ1) is 10.6. The Morgan fingerprint density at radius 1 is 1.18 bits per heavy atom. The molecule has 4 heteroatoms. The molecule has 0 spiro atoms. The molecule has 1 fully saturated rings. The standard InChI is InChI=1S/C18H18N2O2/c1-20-10-13(9-16(20)21)18(22)19-15-8-7-12-6-5-11-3-2-4-14(15)17(11)12/h2-4,7-8,13H,5-6,9-10H2,1H3,(H,19,22). The number of benzene rings is 2. The number of aryl methyl sites for hydroxylation is 2. The third-order valence-corrected chi connectivity index (χ3v) is 4.85. The topological polar surface area (TPSA) is 49.4 Å². The van der Waals surface area contributed by atoms with Crippen LogP contribution in [0.5, 0.6) is 0 Å². The van der Waals surface area contributed by atoms with E-state index in [0.717, 1.165) is 23.9 Å². The summed E-state index contributed by atoms with van der Waals surface area (Å²) in [6, 6.07) is 10.4. The Kier molecular flexibility index (Phi) is 2.93. The number of carbonyl (C=O) groups excluding carboxylic acids is 2. The summed E-state index contributed by atoms with van der Waals surface area (Å²) in [4.78, 5) is 25.7. The van der Waals surface area contributed by atoms with Gasteiger partial charge in [0.15, 0.2) is 0 Å². The van der Waals surface area contributed by atoms with Gasteiger partial charge in [0.25, 0.3) is 0 Å². The SMILES string of the molecule is CN1CC(C(=O)Nc2ccc3c4c(cccc24)CC3)CC1=O. The second kappa shape index (κ2) is 4.83. The fourth-order valence-electron chi connectivity index (χ4n) is 3.63. The van der Waals surface area contributed by atoms with E-state index in [1.807, 2.05) is 6.07 Å². The average molecular weight is 294 g/mol. The van der Waals surface area contributed by atoms with Gasteiger partial charge in [0, 0.05) is 31.1 Å². The summed E-state index contributed by atoms with van der Waals surface area (Å²) >= 11 is 0. The Morgan fingerprint density at radius 3 is 2.68 bits per heavy atom. The van der Waals surface area contributed by atoms with Crippen LogP contribution in [0.3, 0.4) is 0 Å². The molecule has 4 rings (SSSR count). The largest absolute Gasteiger partial charge is 0.345 e. The number of nitrogens with one attached hydrogen (secondary N) is 1. The number of likely N-dealkylation sites (tertiary alicyclic amines) is 1. The van der Waals surface area contributed by atoms with Gasteiger partial charge in [0.1, 0.15) is 0 Å². The molecule has 112 valence electrons. The van der Waals surface area contributed by atoms with Crippen LogP contribution in [0.25, 0.3) is 10.8 Å². The second-order valence-corrected chi connectivity index (χ2v) is 6.28. The molecular formula is C18H18N2O2. The molecule has 2 aromatic carbocycles. The van der Waals surface area contributed by atoms with E-state index in [4.69, 9.17) is 0 Å². The van der Waals surface area contributed by atoms with Crippen molar-refractivity contribution in [3.05, 3.63) is 41.5 Å². The molecule has 1 aliphatic carbocycles. The van der Waals surface area contributed by atoms with Gasteiger partial charge in [-0.15, -0.1) is 0 Å². The van der Waals surface area contributed by atoms with Crippen LogP contribution in [0.1, 0.15) is 17.5 Å². The van der Waals surface area contributed by atoms with E-state index in [2.05, 4.69) is 29.6 Å². The first-order valence-electron chi connectivity index (χ1n) is 7.72. The fourth-order valence-corrected chi connectivity index (χ4v) is 3.63. The van der Waals surface area contributed by atoms with Gasteiger partial charge in [-0.2, -0.15) is 0 Å². The van der Waals surface area contributed by atoms with Gasteiger partial charge in [-0.3, -0.25) is 9.59 Å². The summed E-state index contributed by atoms with van der Waals surface area (Å²) in [7, 11) is 1.74. The first kappa shape index (κ1) is 13.3. The van der Waals surface area contributed by atoms with E-state index in [9.17, 15) is 9.59 Å². The lowest BCUT2D eigenvalue weighted by Gasteiger charge is -2.13. The van der Waals surface area contributed by atoms with Crippen LogP contribution in [0.4, 0.5) is 5.69 Å². The van der Waals surface area contributed by atoms with Crippen LogP contribution in [-0.4, -0.2) is 30.3 Å². The molecule has 2 amide bonds. The molecular weight excluding hydrogens is 276 g/mol. The zero-order valence-electron chi connectivity index (χ0n) is 12.6. The van der Waals surface area contributed by atoms with Gasteiger partial charge >= 0.3 is 0 Å². The molecule has 2 aromatic rings.